The van der Waals surface area contributed by atoms with Crippen molar-refractivity contribution in [2.75, 3.05) is 0 Å². The van der Waals surface area contributed by atoms with Crippen molar-refractivity contribution in [3.8, 4) is 0 Å². The van der Waals surface area contributed by atoms with Crippen LogP contribution in [0.15, 0.2) is 89.7 Å². The van der Waals surface area contributed by atoms with E-state index in [1.165, 1.54) is 6.21 Å². The molecule has 3 aromatic rings. The fraction of sp³-hybridized carbons (Fsp3) is 0.0435. The van der Waals surface area contributed by atoms with Crippen molar-refractivity contribution in [1.29, 1.82) is 0 Å². The second-order valence-corrected chi connectivity index (χ2v) is 6.19. The van der Waals surface area contributed by atoms with Crippen LogP contribution >= 0.6 is 0 Å². The Labute approximate surface area is 169 Å². The zero-order valence-corrected chi connectivity index (χ0v) is 15.9. The predicted octanol–water partition coefficient (Wildman–Crippen LogP) is 3.31. The first kappa shape index (κ1) is 19.7. The summed E-state index contributed by atoms with van der Waals surface area (Å²) in [6.07, 6.45) is 3.04. The van der Waals surface area contributed by atoms with E-state index >= 15 is 0 Å². The molecule has 2 amide bonds. The van der Waals surface area contributed by atoms with Crippen LogP contribution in [0, 0.1) is 6.92 Å². The van der Waals surface area contributed by atoms with Gasteiger partial charge in [0.2, 0.25) is 0 Å². The van der Waals surface area contributed by atoms with Crippen LogP contribution in [0.1, 0.15) is 27.3 Å². The Morgan fingerprint density at radius 3 is 2.28 bits per heavy atom. The summed E-state index contributed by atoms with van der Waals surface area (Å²) < 4.78 is 0. The molecule has 0 fully saturated rings. The van der Waals surface area contributed by atoms with Crippen LogP contribution in [0.2, 0.25) is 0 Å². The van der Waals surface area contributed by atoms with E-state index in [-0.39, 0.29) is 11.6 Å². The minimum atomic E-state index is -0.540. The number of pyridine rings is 1. The molecule has 2 N–H and O–H groups in total. The van der Waals surface area contributed by atoms with Crippen LogP contribution in [0.3, 0.4) is 0 Å². The van der Waals surface area contributed by atoms with Gasteiger partial charge in [-0.05, 0) is 42.8 Å². The summed E-state index contributed by atoms with van der Waals surface area (Å²) in [6, 6.07) is 23.4. The first-order valence-corrected chi connectivity index (χ1v) is 9.02. The fourth-order valence-corrected chi connectivity index (χ4v) is 2.51. The zero-order valence-electron chi connectivity index (χ0n) is 15.9. The summed E-state index contributed by atoms with van der Waals surface area (Å²) >= 11 is 0. The van der Waals surface area contributed by atoms with Gasteiger partial charge >= 0.3 is 0 Å². The molecule has 0 saturated carbocycles. The van der Waals surface area contributed by atoms with Crippen LogP contribution in [0.4, 0.5) is 0 Å². The molecule has 2 aromatic carbocycles. The van der Waals surface area contributed by atoms with Gasteiger partial charge in [-0.2, -0.15) is 5.10 Å². The number of aromatic nitrogens is 1. The molecule has 0 unspecified atom stereocenters. The second kappa shape index (κ2) is 9.75. The third-order valence-electron chi connectivity index (χ3n) is 3.91. The topological polar surface area (TPSA) is 83.5 Å². The van der Waals surface area contributed by atoms with E-state index in [4.69, 9.17) is 0 Å². The Morgan fingerprint density at radius 2 is 1.59 bits per heavy atom. The average Bonchev–Trinajstić information content (AvgIpc) is 2.74. The molecule has 3 rings (SSSR count). The lowest BCUT2D eigenvalue weighted by molar-refractivity contribution is -0.117. The van der Waals surface area contributed by atoms with Crippen molar-refractivity contribution in [3.63, 3.8) is 0 Å². The molecule has 6 nitrogen and oxygen atoms in total. The smallest absolute Gasteiger partial charge is 0.287 e. The number of nitrogens with zero attached hydrogens (tertiary/aromatic N) is 2. The number of hydrazone groups is 1. The minimum Gasteiger partial charge on any atom is -0.317 e. The van der Waals surface area contributed by atoms with Crippen LogP contribution in [-0.4, -0.2) is 23.0 Å². The Hall–Kier alpha value is -4.06. The molecule has 0 aliphatic heterocycles. The maximum Gasteiger partial charge on any atom is 0.287 e. The number of benzene rings is 2. The van der Waals surface area contributed by atoms with E-state index in [1.54, 1.807) is 36.4 Å². The highest BCUT2D eigenvalue weighted by molar-refractivity contribution is 6.05. The summed E-state index contributed by atoms with van der Waals surface area (Å²) in [7, 11) is 0. The molecule has 0 atom stereocenters. The van der Waals surface area contributed by atoms with Gasteiger partial charge in [0.1, 0.15) is 5.70 Å². The number of carbonyl (C=O) groups excluding carboxylic acids is 2. The number of hydrogen-bond acceptors (Lipinski definition) is 4. The molecule has 0 radical (unpaired) electrons. The number of aryl methyl sites for hydroxylation is 1. The summed E-state index contributed by atoms with van der Waals surface area (Å²) in [5.41, 5.74) is 5.21. The van der Waals surface area contributed by atoms with Crippen molar-refractivity contribution >= 4 is 24.1 Å². The van der Waals surface area contributed by atoms with Crippen LogP contribution < -0.4 is 10.7 Å². The second-order valence-electron chi connectivity index (χ2n) is 6.19. The lowest BCUT2D eigenvalue weighted by Gasteiger charge is -2.09. The molecule has 1 heterocycles. The van der Waals surface area contributed by atoms with Gasteiger partial charge < -0.3 is 5.32 Å². The molecule has 0 bridgehead atoms. The van der Waals surface area contributed by atoms with E-state index in [2.05, 4.69) is 20.8 Å². The average molecular weight is 384 g/mol. The number of hydrogen-bond donors (Lipinski definition) is 2. The van der Waals surface area contributed by atoms with Crippen LogP contribution in [0.5, 0.6) is 0 Å². The van der Waals surface area contributed by atoms with Crippen molar-refractivity contribution in [3.05, 3.63) is 107 Å². The molecule has 6 heteroatoms. The highest BCUT2D eigenvalue weighted by atomic mass is 16.2. The van der Waals surface area contributed by atoms with E-state index in [1.807, 2.05) is 55.5 Å². The fourth-order valence-electron chi connectivity index (χ4n) is 2.51. The lowest BCUT2D eigenvalue weighted by Crippen LogP contribution is -2.32. The maximum absolute atomic E-state index is 12.6. The first-order chi connectivity index (χ1) is 14.1. The van der Waals surface area contributed by atoms with E-state index in [0.717, 1.165) is 11.3 Å². The maximum atomic E-state index is 12.6. The van der Waals surface area contributed by atoms with Crippen molar-refractivity contribution < 1.29 is 9.59 Å². The van der Waals surface area contributed by atoms with E-state index in [9.17, 15) is 9.59 Å². The van der Waals surface area contributed by atoms with E-state index in [0.29, 0.717) is 11.3 Å². The quantitative estimate of drug-likeness (QED) is 0.389. The third kappa shape index (κ3) is 5.97. The van der Waals surface area contributed by atoms with Crippen molar-refractivity contribution in [2.24, 2.45) is 5.10 Å². The summed E-state index contributed by atoms with van der Waals surface area (Å²) in [5.74, 6) is -0.922. The van der Waals surface area contributed by atoms with Gasteiger partial charge in [-0.3, -0.25) is 14.6 Å². The number of nitrogens with one attached hydrogen (secondary N) is 2. The molecule has 0 aliphatic carbocycles. The van der Waals surface area contributed by atoms with E-state index < -0.39 is 5.91 Å². The number of rotatable bonds is 6. The lowest BCUT2D eigenvalue weighted by atomic mass is 10.1. The molecule has 1 aromatic heterocycles. The van der Waals surface area contributed by atoms with Gasteiger partial charge in [0.25, 0.3) is 11.8 Å². The van der Waals surface area contributed by atoms with Crippen LogP contribution in [0.25, 0.3) is 6.08 Å². The first-order valence-electron chi connectivity index (χ1n) is 9.02. The monoisotopic (exact) mass is 384 g/mol. The Morgan fingerprint density at radius 1 is 0.897 bits per heavy atom. The minimum absolute atomic E-state index is 0.0828. The summed E-state index contributed by atoms with van der Waals surface area (Å²) in [4.78, 5) is 29.4. The normalized spacial score (nSPS) is 11.3. The Kier molecular flexibility index (Phi) is 6.62. The van der Waals surface area contributed by atoms with Gasteiger partial charge in [-0.25, -0.2) is 5.43 Å². The molecule has 0 spiro atoms. The molecule has 144 valence electrons. The summed E-state index contributed by atoms with van der Waals surface area (Å²) in [5, 5.41) is 6.61. The third-order valence-corrected chi connectivity index (χ3v) is 3.91. The van der Waals surface area contributed by atoms with Gasteiger partial charge in [0.15, 0.2) is 0 Å². The Bertz CT molecular complexity index is 1040. The molecule has 0 aliphatic rings. The van der Waals surface area contributed by atoms with Gasteiger partial charge in [0.05, 0.1) is 11.9 Å². The predicted molar refractivity (Wildman–Crippen MR) is 113 cm³/mol. The molecular formula is C23H20N4O2. The molecule has 0 saturated heterocycles. The number of carbonyl (C=O) groups is 2. The standard InChI is InChI=1S/C23H20N4O2/c1-17-9-8-14-20(25-17)16-24-27-23(29)21(15-18-10-4-2-5-11-18)26-22(28)19-12-6-3-7-13-19/h2-16H,1H3,(H,26,28)(H,27,29)/b21-15-,24-16-. The van der Waals surface area contributed by atoms with Gasteiger partial charge in [0, 0.05) is 11.3 Å². The van der Waals surface area contributed by atoms with Crippen molar-refractivity contribution in [1.82, 2.24) is 15.7 Å². The highest BCUT2D eigenvalue weighted by Crippen LogP contribution is 2.07. The Balaban J connectivity index is 1.77. The van der Waals surface area contributed by atoms with Crippen LogP contribution in [-0.2, 0) is 4.79 Å². The van der Waals surface area contributed by atoms with Gasteiger partial charge in [-0.1, -0.05) is 54.6 Å². The zero-order chi connectivity index (χ0) is 20.5. The largest absolute Gasteiger partial charge is 0.317 e. The SMILES string of the molecule is Cc1cccc(/C=N\NC(=O)/C(=C/c2ccccc2)NC(=O)c2ccccc2)n1. The number of amides is 2. The summed E-state index contributed by atoms with van der Waals surface area (Å²) in [6.45, 7) is 1.87. The molecular weight excluding hydrogens is 364 g/mol. The highest BCUT2D eigenvalue weighted by Gasteiger charge is 2.14. The van der Waals surface area contributed by atoms with Crippen molar-refractivity contribution in [2.45, 2.75) is 6.92 Å². The molecule has 29 heavy (non-hydrogen) atoms. The van der Waals surface area contributed by atoms with Gasteiger partial charge in [-0.15, -0.1) is 0 Å².